The van der Waals surface area contributed by atoms with Gasteiger partial charge in [-0.1, -0.05) is 18.2 Å². The molecule has 1 aromatic carbocycles. The summed E-state index contributed by atoms with van der Waals surface area (Å²) in [5, 5.41) is 2.93. The molecule has 2 rings (SSSR count). The van der Waals surface area contributed by atoms with Crippen LogP contribution in [-0.4, -0.2) is 36.9 Å². The van der Waals surface area contributed by atoms with Crippen LogP contribution in [0.15, 0.2) is 24.3 Å². The molecule has 84 valence electrons. The van der Waals surface area contributed by atoms with Crippen LogP contribution in [0.5, 0.6) is 0 Å². The minimum Gasteiger partial charge on any atom is -0.318 e. The molecule has 0 atom stereocenters. The van der Waals surface area contributed by atoms with Gasteiger partial charge in [-0.05, 0) is 18.7 Å². The molecule has 0 aliphatic carbocycles. The summed E-state index contributed by atoms with van der Waals surface area (Å²) < 4.78 is 0. The smallest absolute Gasteiger partial charge is 0.260 e. The number of hydrogen-bond acceptors (Lipinski definition) is 3. The van der Waals surface area contributed by atoms with Crippen molar-refractivity contribution in [2.75, 3.05) is 20.1 Å². The van der Waals surface area contributed by atoms with E-state index in [0.29, 0.717) is 25.1 Å². The van der Waals surface area contributed by atoms with Crippen molar-refractivity contribution in [2.24, 2.45) is 0 Å². The number of likely N-dealkylation sites (N-methyl/N-ethyl adjacent to an activating group) is 1. The van der Waals surface area contributed by atoms with Gasteiger partial charge >= 0.3 is 0 Å². The lowest BCUT2D eigenvalue weighted by Gasteiger charge is -2.26. The maximum absolute atomic E-state index is 12.0. The molecule has 0 saturated carbocycles. The van der Waals surface area contributed by atoms with Gasteiger partial charge in [0, 0.05) is 18.7 Å². The predicted octanol–water partition coefficient (Wildman–Crippen LogP) is 0.431. The van der Waals surface area contributed by atoms with Crippen LogP contribution in [0.3, 0.4) is 0 Å². The van der Waals surface area contributed by atoms with E-state index in [9.17, 15) is 9.59 Å². The van der Waals surface area contributed by atoms with Crippen molar-refractivity contribution in [3.63, 3.8) is 0 Å². The van der Waals surface area contributed by atoms with E-state index in [0.717, 1.165) is 5.56 Å². The first-order valence-electron chi connectivity index (χ1n) is 5.31. The lowest BCUT2D eigenvalue weighted by atomic mass is 9.98. The van der Waals surface area contributed by atoms with Crippen molar-refractivity contribution in [1.82, 2.24) is 10.2 Å². The zero-order chi connectivity index (χ0) is 11.5. The second kappa shape index (κ2) is 4.45. The van der Waals surface area contributed by atoms with E-state index in [1.54, 1.807) is 13.1 Å². The lowest BCUT2D eigenvalue weighted by molar-refractivity contribution is -0.128. The average Bonchev–Trinajstić information content (AvgIpc) is 2.29. The van der Waals surface area contributed by atoms with Gasteiger partial charge in [0.1, 0.15) is 0 Å². The summed E-state index contributed by atoms with van der Waals surface area (Å²) in [5.74, 6) is -0.291. The molecule has 1 aliphatic heterocycles. The number of hydrogen-bond donors (Lipinski definition) is 1. The number of fused-ring (bicyclic) bond motifs is 1. The van der Waals surface area contributed by atoms with Crippen molar-refractivity contribution in [3.05, 3.63) is 35.4 Å². The molecule has 4 heteroatoms. The van der Waals surface area contributed by atoms with Crippen LogP contribution in [0.2, 0.25) is 0 Å². The van der Waals surface area contributed by atoms with Gasteiger partial charge < -0.3 is 5.32 Å². The molecule has 0 saturated heterocycles. The molecule has 16 heavy (non-hydrogen) atoms. The van der Waals surface area contributed by atoms with Gasteiger partial charge in [-0.2, -0.15) is 0 Å². The molecule has 1 heterocycles. The number of nitrogens with one attached hydrogen (secondary N) is 1. The van der Waals surface area contributed by atoms with E-state index < -0.39 is 0 Å². The highest BCUT2D eigenvalue weighted by atomic mass is 16.2. The molecule has 0 fully saturated rings. The summed E-state index contributed by atoms with van der Waals surface area (Å²) in [7, 11) is 1.80. The molecule has 1 N–H and O–H groups in total. The topological polar surface area (TPSA) is 49.4 Å². The van der Waals surface area contributed by atoms with E-state index in [4.69, 9.17) is 0 Å². The van der Waals surface area contributed by atoms with Gasteiger partial charge in [-0.15, -0.1) is 0 Å². The first kappa shape index (κ1) is 10.8. The van der Waals surface area contributed by atoms with E-state index in [2.05, 4.69) is 5.32 Å². The Bertz CT molecular complexity index is 429. The Kier molecular flexibility index (Phi) is 3.01. The SMILES string of the molecule is CNCCN1C(=O)Cc2ccccc2C1=O. The van der Waals surface area contributed by atoms with Gasteiger partial charge in [-0.25, -0.2) is 0 Å². The minimum atomic E-state index is -0.179. The van der Waals surface area contributed by atoms with Crippen LogP contribution < -0.4 is 5.32 Å². The van der Waals surface area contributed by atoms with Gasteiger partial charge in [0.25, 0.3) is 5.91 Å². The van der Waals surface area contributed by atoms with Gasteiger partial charge in [0.2, 0.25) is 5.91 Å². The molecule has 1 aliphatic rings. The zero-order valence-corrected chi connectivity index (χ0v) is 9.19. The summed E-state index contributed by atoms with van der Waals surface area (Å²) in [6.45, 7) is 1.06. The van der Waals surface area contributed by atoms with E-state index in [1.807, 2.05) is 18.2 Å². The van der Waals surface area contributed by atoms with Crippen LogP contribution in [0.25, 0.3) is 0 Å². The van der Waals surface area contributed by atoms with Crippen LogP contribution in [0, 0.1) is 0 Å². The van der Waals surface area contributed by atoms with E-state index >= 15 is 0 Å². The highest BCUT2D eigenvalue weighted by Crippen LogP contribution is 2.18. The Hall–Kier alpha value is -1.68. The molecule has 0 aromatic heterocycles. The zero-order valence-electron chi connectivity index (χ0n) is 9.19. The number of carbonyl (C=O) groups is 2. The Morgan fingerprint density at radius 3 is 2.81 bits per heavy atom. The Morgan fingerprint density at radius 2 is 2.06 bits per heavy atom. The maximum Gasteiger partial charge on any atom is 0.260 e. The van der Waals surface area contributed by atoms with Gasteiger partial charge in [0.05, 0.1) is 6.42 Å². The third kappa shape index (κ3) is 1.84. The van der Waals surface area contributed by atoms with Crippen molar-refractivity contribution in [2.45, 2.75) is 6.42 Å². The highest BCUT2D eigenvalue weighted by Gasteiger charge is 2.29. The quantitative estimate of drug-likeness (QED) is 0.748. The normalized spacial score (nSPS) is 15.2. The van der Waals surface area contributed by atoms with E-state index in [1.165, 1.54) is 4.90 Å². The molecule has 0 radical (unpaired) electrons. The van der Waals surface area contributed by atoms with Gasteiger partial charge in [-0.3, -0.25) is 14.5 Å². The third-order valence-corrected chi connectivity index (χ3v) is 2.72. The fraction of sp³-hybridized carbons (Fsp3) is 0.333. The third-order valence-electron chi connectivity index (χ3n) is 2.72. The number of benzene rings is 1. The number of amides is 2. The molecule has 2 amide bonds. The molecule has 0 spiro atoms. The number of rotatable bonds is 3. The van der Waals surface area contributed by atoms with Crippen LogP contribution in [-0.2, 0) is 11.2 Å². The molecule has 1 aromatic rings. The summed E-state index contributed by atoms with van der Waals surface area (Å²) in [4.78, 5) is 25.1. The predicted molar refractivity (Wildman–Crippen MR) is 60.1 cm³/mol. The number of imide groups is 1. The number of nitrogens with zero attached hydrogens (tertiary/aromatic N) is 1. The van der Waals surface area contributed by atoms with Crippen molar-refractivity contribution >= 4 is 11.8 Å². The first-order valence-corrected chi connectivity index (χ1v) is 5.31. The van der Waals surface area contributed by atoms with Crippen molar-refractivity contribution in [1.29, 1.82) is 0 Å². The fourth-order valence-electron chi connectivity index (χ4n) is 1.85. The lowest BCUT2D eigenvalue weighted by Crippen LogP contribution is -2.45. The van der Waals surface area contributed by atoms with Crippen LogP contribution in [0.1, 0.15) is 15.9 Å². The first-order chi connectivity index (χ1) is 7.74. The Labute approximate surface area is 94.2 Å². The average molecular weight is 218 g/mol. The summed E-state index contributed by atoms with van der Waals surface area (Å²) >= 11 is 0. The van der Waals surface area contributed by atoms with E-state index in [-0.39, 0.29) is 11.8 Å². The second-order valence-corrected chi connectivity index (χ2v) is 3.79. The van der Waals surface area contributed by atoms with Crippen molar-refractivity contribution < 1.29 is 9.59 Å². The summed E-state index contributed by atoms with van der Waals surface area (Å²) in [6.07, 6.45) is 0.325. The Morgan fingerprint density at radius 1 is 1.31 bits per heavy atom. The van der Waals surface area contributed by atoms with Crippen LogP contribution in [0.4, 0.5) is 0 Å². The van der Waals surface area contributed by atoms with Crippen LogP contribution >= 0.6 is 0 Å². The summed E-state index contributed by atoms with van der Waals surface area (Å²) in [6, 6.07) is 7.28. The Balaban J connectivity index is 2.27. The maximum atomic E-state index is 12.0. The molecule has 4 nitrogen and oxygen atoms in total. The van der Waals surface area contributed by atoms with Crippen molar-refractivity contribution in [3.8, 4) is 0 Å². The molecular weight excluding hydrogens is 204 g/mol. The monoisotopic (exact) mass is 218 g/mol. The van der Waals surface area contributed by atoms with Gasteiger partial charge in [0.15, 0.2) is 0 Å². The molecule has 0 unspecified atom stereocenters. The number of carbonyl (C=O) groups excluding carboxylic acids is 2. The second-order valence-electron chi connectivity index (χ2n) is 3.79. The largest absolute Gasteiger partial charge is 0.318 e. The molecular formula is C12H14N2O2. The summed E-state index contributed by atoms with van der Waals surface area (Å²) in [5.41, 5.74) is 1.48. The minimum absolute atomic E-state index is 0.112. The molecule has 0 bridgehead atoms. The fourth-order valence-corrected chi connectivity index (χ4v) is 1.85. The highest BCUT2D eigenvalue weighted by molar-refractivity contribution is 6.09. The standard InChI is InChI=1S/C12H14N2O2/c1-13-6-7-14-11(15)8-9-4-2-3-5-10(9)12(14)16/h2-5,13H,6-8H2,1H3.